The Morgan fingerprint density at radius 1 is 1.23 bits per heavy atom. The fourth-order valence-corrected chi connectivity index (χ4v) is 2.49. The van der Waals surface area contributed by atoms with Gasteiger partial charge in [0.1, 0.15) is 0 Å². The molecule has 0 radical (unpaired) electrons. The molecule has 2 rings (SSSR count). The smallest absolute Gasteiger partial charge is 0.400 e. The van der Waals surface area contributed by atoms with E-state index in [4.69, 9.17) is 20.9 Å². The molecule has 5 heteroatoms. The van der Waals surface area contributed by atoms with Crippen molar-refractivity contribution in [3.8, 4) is 0 Å². The third-order valence-electron chi connectivity index (χ3n) is 4.47. The lowest BCUT2D eigenvalue weighted by Crippen LogP contribution is -2.41. The average molecular weight is 322 g/mol. The maximum Gasteiger partial charge on any atom is 0.491 e. The molecule has 0 amide bonds. The van der Waals surface area contributed by atoms with Crippen molar-refractivity contribution in [2.24, 2.45) is 0 Å². The summed E-state index contributed by atoms with van der Waals surface area (Å²) in [5, 5.41) is 3.97. The Labute approximate surface area is 139 Å². The molecule has 1 aliphatic rings. The number of aryl methyl sites for hydroxylation is 1. The lowest BCUT2D eigenvalue weighted by Gasteiger charge is -2.32. The highest BCUT2D eigenvalue weighted by Gasteiger charge is 2.52. The van der Waals surface area contributed by atoms with Crippen molar-refractivity contribution < 1.29 is 9.31 Å². The van der Waals surface area contributed by atoms with Gasteiger partial charge in [-0.2, -0.15) is 0 Å². The van der Waals surface area contributed by atoms with Gasteiger partial charge in [-0.15, -0.1) is 0 Å². The molecule has 0 unspecified atom stereocenters. The van der Waals surface area contributed by atoms with Crippen molar-refractivity contribution in [1.29, 1.82) is 0 Å². The average Bonchev–Trinajstić information content (AvgIpc) is 2.62. The van der Waals surface area contributed by atoms with Gasteiger partial charge < -0.3 is 14.6 Å². The first-order valence-corrected chi connectivity index (χ1v) is 8.01. The molecule has 1 N–H and O–H groups in total. The van der Waals surface area contributed by atoms with Gasteiger partial charge in [0.2, 0.25) is 0 Å². The molecule has 1 aromatic rings. The van der Waals surface area contributed by atoms with E-state index in [-0.39, 0.29) is 18.3 Å². The number of halogens is 1. The molecule has 0 atom stereocenters. The van der Waals surface area contributed by atoms with Crippen LogP contribution in [0.25, 0.3) is 6.08 Å². The summed E-state index contributed by atoms with van der Waals surface area (Å²) in [7, 11) is 1.58. The molecule has 0 saturated carbocycles. The van der Waals surface area contributed by atoms with Crippen LogP contribution < -0.4 is 5.32 Å². The molecule has 1 saturated heterocycles. The van der Waals surface area contributed by atoms with E-state index < -0.39 is 0 Å². The van der Waals surface area contributed by atoms with E-state index in [0.29, 0.717) is 6.54 Å². The molecule has 0 spiro atoms. The Morgan fingerprint density at radius 2 is 1.82 bits per heavy atom. The van der Waals surface area contributed by atoms with Crippen LogP contribution in [0, 0.1) is 6.92 Å². The first-order chi connectivity index (χ1) is 10.2. The number of hydrogen-bond donors (Lipinski definition) is 1. The van der Waals surface area contributed by atoms with Crippen LogP contribution in [-0.4, -0.2) is 31.9 Å². The highest BCUT2D eigenvalue weighted by Crippen LogP contribution is 2.38. The third kappa shape index (κ3) is 3.57. The minimum atomic E-state index is -0.339. The van der Waals surface area contributed by atoms with Crippen LogP contribution in [0.15, 0.2) is 23.7 Å². The second-order valence-corrected chi connectivity index (χ2v) is 7.25. The van der Waals surface area contributed by atoms with Gasteiger partial charge in [0, 0.05) is 11.6 Å². The normalized spacial score (nSPS) is 20.5. The molecule has 120 valence electrons. The molecule has 22 heavy (non-hydrogen) atoms. The van der Waals surface area contributed by atoms with E-state index in [2.05, 4.69) is 45.2 Å². The van der Waals surface area contributed by atoms with Gasteiger partial charge in [-0.25, -0.2) is 0 Å². The van der Waals surface area contributed by atoms with Gasteiger partial charge >= 0.3 is 7.12 Å². The number of likely N-dealkylation sites (N-methyl/N-ethyl adjacent to an activating group) is 1. The summed E-state index contributed by atoms with van der Waals surface area (Å²) < 4.78 is 12.3. The summed E-state index contributed by atoms with van der Waals surface area (Å²) in [4.78, 5) is 0. The standard InChI is InChI=1S/C17H25BClNO2/c1-12-9-13(7-8-15(12)19)10-14(11-20-6)18-21-16(2,3)17(4,5)22-18/h7-10,20H,11H2,1-6H3. The highest BCUT2D eigenvalue weighted by atomic mass is 35.5. The Morgan fingerprint density at radius 3 is 2.32 bits per heavy atom. The summed E-state index contributed by atoms with van der Waals surface area (Å²) in [5.74, 6) is 0. The lowest BCUT2D eigenvalue weighted by atomic mass is 9.77. The topological polar surface area (TPSA) is 30.5 Å². The molecule has 1 fully saturated rings. The van der Waals surface area contributed by atoms with E-state index in [0.717, 1.165) is 21.6 Å². The van der Waals surface area contributed by atoms with Gasteiger partial charge in [-0.05, 0) is 64.3 Å². The van der Waals surface area contributed by atoms with E-state index in [9.17, 15) is 0 Å². The van der Waals surface area contributed by atoms with Crippen LogP contribution in [0.3, 0.4) is 0 Å². The second kappa shape index (κ2) is 6.36. The van der Waals surface area contributed by atoms with Gasteiger partial charge in [0.05, 0.1) is 11.2 Å². The number of rotatable bonds is 4. The van der Waals surface area contributed by atoms with E-state index in [1.54, 1.807) is 0 Å². The quantitative estimate of drug-likeness (QED) is 0.854. The number of nitrogens with one attached hydrogen (secondary N) is 1. The maximum atomic E-state index is 6.15. The second-order valence-electron chi connectivity index (χ2n) is 6.85. The van der Waals surface area contributed by atoms with Crippen molar-refractivity contribution >= 4 is 24.8 Å². The van der Waals surface area contributed by atoms with Crippen LogP contribution in [0.2, 0.25) is 5.02 Å². The monoisotopic (exact) mass is 321 g/mol. The molecular weight excluding hydrogens is 296 g/mol. The van der Waals surface area contributed by atoms with Gasteiger partial charge in [0.15, 0.2) is 0 Å². The molecular formula is C17H25BClNO2. The fourth-order valence-electron chi connectivity index (χ4n) is 2.37. The van der Waals surface area contributed by atoms with E-state index >= 15 is 0 Å². The van der Waals surface area contributed by atoms with Crippen molar-refractivity contribution in [3.63, 3.8) is 0 Å². The first kappa shape index (κ1) is 17.5. The summed E-state index contributed by atoms with van der Waals surface area (Å²) in [5.41, 5.74) is 2.57. The van der Waals surface area contributed by atoms with Crippen LogP contribution in [-0.2, 0) is 9.31 Å². The van der Waals surface area contributed by atoms with E-state index in [1.807, 2.05) is 26.1 Å². The van der Waals surface area contributed by atoms with Gasteiger partial charge in [-0.3, -0.25) is 0 Å². The molecule has 1 aliphatic heterocycles. The Bertz CT molecular complexity index is 568. The van der Waals surface area contributed by atoms with Crippen LogP contribution >= 0.6 is 11.6 Å². The highest BCUT2D eigenvalue weighted by molar-refractivity contribution is 6.55. The number of benzene rings is 1. The minimum Gasteiger partial charge on any atom is -0.400 e. The van der Waals surface area contributed by atoms with E-state index in [1.165, 1.54) is 0 Å². The van der Waals surface area contributed by atoms with Crippen LogP contribution in [0.4, 0.5) is 0 Å². The molecule has 1 heterocycles. The largest absolute Gasteiger partial charge is 0.491 e. The fraction of sp³-hybridized carbons (Fsp3) is 0.529. The molecule has 0 aromatic heterocycles. The maximum absolute atomic E-state index is 6.15. The molecule has 1 aromatic carbocycles. The van der Waals surface area contributed by atoms with Crippen LogP contribution in [0.5, 0.6) is 0 Å². The Balaban J connectivity index is 2.31. The zero-order chi connectivity index (χ0) is 16.5. The van der Waals surface area contributed by atoms with Gasteiger partial charge in [0.25, 0.3) is 0 Å². The summed E-state index contributed by atoms with van der Waals surface area (Å²) in [6.07, 6.45) is 2.11. The van der Waals surface area contributed by atoms with Gasteiger partial charge in [-0.1, -0.05) is 29.8 Å². The SMILES string of the molecule is CNCC(=Cc1ccc(Cl)c(C)c1)B1OC(C)(C)C(C)(C)O1. The molecule has 3 nitrogen and oxygen atoms in total. The number of hydrogen-bond acceptors (Lipinski definition) is 3. The van der Waals surface area contributed by atoms with Crippen molar-refractivity contribution in [2.45, 2.75) is 45.8 Å². The summed E-state index contributed by atoms with van der Waals surface area (Å²) >= 11 is 6.10. The van der Waals surface area contributed by atoms with Crippen LogP contribution in [0.1, 0.15) is 38.8 Å². The lowest BCUT2D eigenvalue weighted by molar-refractivity contribution is 0.00578. The Kier molecular flexibility index (Phi) is 5.08. The van der Waals surface area contributed by atoms with Crippen molar-refractivity contribution in [3.05, 3.63) is 39.8 Å². The molecule has 0 bridgehead atoms. The predicted octanol–water partition coefficient (Wildman–Crippen LogP) is 3.88. The summed E-state index contributed by atoms with van der Waals surface area (Å²) in [6.45, 7) is 11.0. The molecule has 0 aliphatic carbocycles. The van der Waals surface area contributed by atoms with Crippen molar-refractivity contribution in [1.82, 2.24) is 5.32 Å². The zero-order valence-corrected chi connectivity index (χ0v) is 15.0. The van der Waals surface area contributed by atoms with Crippen molar-refractivity contribution in [2.75, 3.05) is 13.6 Å². The zero-order valence-electron chi connectivity index (χ0n) is 14.3. The summed E-state index contributed by atoms with van der Waals surface area (Å²) in [6, 6.07) is 6.00. The predicted molar refractivity (Wildman–Crippen MR) is 94.2 cm³/mol. The first-order valence-electron chi connectivity index (χ1n) is 7.63. The Hall–Kier alpha value is -0.805. The third-order valence-corrected chi connectivity index (χ3v) is 4.90. The minimum absolute atomic E-state index is 0.333.